The Kier molecular flexibility index (Phi) is 9.07. The van der Waals surface area contributed by atoms with E-state index in [4.69, 9.17) is 9.72 Å². The molecule has 52 heavy (non-hydrogen) atoms. The van der Waals surface area contributed by atoms with Crippen molar-refractivity contribution < 1.29 is 25.8 Å². The van der Waals surface area contributed by atoms with E-state index in [1.54, 1.807) is 0 Å². The third kappa shape index (κ3) is 6.41. The van der Waals surface area contributed by atoms with Gasteiger partial charge in [0, 0.05) is 61.3 Å². The minimum Gasteiger partial charge on any atom is -0.509 e. The van der Waals surface area contributed by atoms with Crippen molar-refractivity contribution in [2.24, 2.45) is 0 Å². The van der Waals surface area contributed by atoms with Crippen LogP contribution >= 0.6 is 0 Å². The van der Waals surface area contributed by atoms with Crippen LogP contribution in [0.2, 0.25) is 0 Å². The molecule has 1 aliphatic rings. The van der Waals surface area contributed by atoms with Gasteiger partial charge in [-0.3, -0.25) is 0 Å². The maximum Gasteiger partial charge on any atom is 0.135 e. The minimum atomic E-state index is -0.128. The third-order valence-electron chi connectivity index (χ3n) is 9.95. The summed E-state index contributed by atoms with van der Waals surface area (Å²) in [6, 6.07) is 43.6. The molecule has 0 N–H and O–H groups in total. The number of hydrogen-bond acceptors (Lipinski definition) is 4. The average molecular weight is 863 g/mol. The summed E-state index contributed by atoms with van der Waals surface area (Å²) in [5.41, 5.74) is 11.0. The number of hydrogen-bond donors (Lipinski definition) is 0. The van der Waals surface area contributed by atoms with Crippen molar-refractivity contribution in [1.29, 1.82) is 0 Å². The normalized spacial score (nSPS) is 13.1. The van der Waals surface area contributed by atoms with Crippen molar-refractivity contribution in [3.8, 4) is 17.3 Å². The summed E-state index contributed by atoms with van der Waals surface area (Å²) < 4.78 is 8.93. The molecule has 6 heteroatoms. The Balaban J connectivity index is 0.00000420. The van der Waals surface area contributed by atoms with Crippen molar-refractivity contribution in [3.63, 3.8) is 0 Å². The van der Waals surface area contributed by atoms with Crippen LogP contribution in [0.4, 0.5) is 22.7 Å². The van der Waals surface area contributed by atoms with E-state index in [-0.39, 0.29) is 31.9 Å². The molecule has 0 atom stereocenters. The van der Waals surface area contributed by atoms with Crippen molar-refractivity contribution in [1.82, 2.24) is 9.55 Å². The number of rotatable bonds is 5. The molecule has 266 valence electrons. The fourth-order valence-electron chi connectivity index (χ4n) is 6.84. The van der Waals surface area contributed by atoms with Crippen molar-refractivity contribution in [2.75, 3.05) is 9.80 Å². The number of pyridine rings is 1. The van der Waals surface area contributed by atoms with Crippen LogP contribution < -0.4 is 14.5 Å². The van der Waals surface area contributed by atoms with E-state index in [0.717, 1.165) is 55.9 Å². The molecule has 0 spiro atoms. The van der Waals surface area contributed by atoms with Crippen LogP contribution in [-0.2, 0) is 31.9 Å². The molecule has 0 aliphatic carbocycles. The fourth-order valence-corrected chi connectivity index (χ4v) is 6.84. The van der Waals surface area contributed by atoms with E-state index in [1.165, 1.54) is 16.7 Å². The van der Waals surface area contributed by atoms with Gasteiger partial charge in [-0.1, -0.05) is 83.5 Å². The summed E-state index contributed by atoms with van der Waals surface area (Å²) in [6.07, 6.45) is 1.90. The van der Waals surface area contributed by atoms with Crippen LogP contribution in [0.1, 0.15) is 63.8 Å². The predicted octanol–water partition coefficient (Wildman–Crippen LogP) is 12.2. The first-order chi connectivity index (χ1) is 24.3. The van der Waals surface area contributed by atoms with E-state index >= 15 is 0 Å². The van der Waals surface area contributed by atoms with Gasteiger partial charge in [0.05, 0.1) is 0 Å². The van der Waals surface area contributed by atoms with Gasteiger partial charge in [0.15, 0.2) is 0 Å². The summed E-state index contributed by atoms with van der Waals surface area (Å²) in [6.45, 7) is 19.9. The topological polar surface area (TPSA) is 33.5 Å². The maximum absolute atomic E-state index is 6.73. The molecule has 8 rings (SSSR count). The second kappa shape index (κ2) is 13.3. The Bertz CT molecular complexity index is 2430. The summed E-state index contributed by atoms with van der Waals surface area (Å²) in [5, 5.41) is 2.25. The van der Waals surface area contributed by atoms with Gasteiger partial charge in [-0.05, 0) is 89.2 Å². The second-order valence-corrected chi connectivity index (χ2v) is 15.7. The zero-order chi connectivity index (χ0) is 35.7. The summed E-state index contributed by atoms with van der Waals surface area (Å²) in [7, 11) is 0. The SMILES string of the molecule is Cc1cc2c(cc1C)N(c1ccccc1)[CH-]N2c1[c-]c(Oc2[c-]c3c(cc2)c2ccccc2n3-c2cc(C(C)(C)C)ccn2)cc(C(C)(C)C)c1.[Pt]. The molecule has 5 nitrogen and oxygen atoms in total. The molecule has 0 saturated heterocycles. The van der Waals surface area contributed by atoms with E-state index in [0.29, 0.717) is 11.5 Å². The quantitative estimate of drug-likeness (QED) is 0.161. The van der Waals surface area contributed by atoms with E-state index < -0.39 is 0 Å². The Hall–Kier alpha value is -4.86. The van der Waals surface area contributed by atoms with Crippen molar-refractivity contribution in [2.45, 2.75) is 66.2 Å². The molecule has 0 unspecified atom stereocenters. The van der Waals surface area contributed by atoms with Crippen molar-refractivity contribution >= 4 is 44.6 Å². The molecule has 0 radical (unpaired) electrons. The Morgan fingerprint density at radius 1 is 0.635 bits per heavy atom. The first kappa shape index (κ1) is 35.5. The first-order valence-electron chi connectivity index (χ1n) is 17.6. The largest absolute Gasteiger partial charge is 0.509 e. The van der Waals surface area contributed by atoms with Gasteiger partial charge in [0.2, 0.25) is 0 Å². The van der Waals surface area contributed by atoms with Crippen LogP contribution in [0.5, 0.6) is 11.5 Å². The van der Waals surface area contributed by atoms with Gasteiger partial charge in [0.1, 0.15) is 5.82 Å². The Morgan fingerprint density at radius 2 is 1.31 bits per heavy atom. The number of ether oxygens (including phenoxy) is 1. The molecule has 7 aromatic rings. The van der Waals surface area contributed by atoms with Gasteiger partial charge in [-0.25, -0.2) is 4.98 Å². The fraction of sp³-hybridized carbons (Fsp3) is 0.217. The van der Waals surface area contributed by atoms with Crippen LogP contribution in [0, 0.1) is 32.6 Å². The molecule has 0 fully saturated rings. The Labute approximate surface area is 322 Å². The molecular weight excluding hydrogens is 820 g/mol. The van der Waals surface area contributed by atoms with Gasteiger partial charge < -0.3 is 19.1 Å². The zero-order valence-electron chi connectivity index (χ0n) is 31.0. The maximum atomic E-state index is 6.73. The summed E-state index contributed by atoms with van der Waals surface area (Å²) in [4.78, 5) is 9.33. The number of aromatic nitrogens is 2. The molecule has 1 aliphatic heterocycles. The molecule has 0 amide bonds. The molecule has 0 bridgehead atoms. The molecule has 0 saturated carbocycles. The summed E-state index contributed by atoms with van der Waals surface area (Å²) in [5.74, 6) is 2.12. The van der Waals surface area contributed by atoms with Crippen LogP contribution in [0.15, 0.2) is 109 Å². The third-order valence-corrected chi connectivity index (χ3v) is 9.95. The van der Waals surface area contributed by atoms with Gasteiger partial charge in [0.25, 0.3) is 0 Å². The summed E-state index contributed by atoms with van der Waals surface area (Å²) >= 11 is 0. The minimum absolute atomic E-state index is 0. The zero-order valence-corrected chi connectivity index (χ0v) is 33.3. The van der Waals surface area contributed by atoms with Gasteiger partial charge >= 0.3 is 0 Å². The number of fused-ring (bicyclic) bond motifs is 4. The average Bonchev–Trinajstić information content (AvgIpc) is 3.63. The monoisotopic (exact) mass is 862 g/mol. The number of nitrogens with zero attached hydrogens (tertiary/aromatic N) is 4. The van der Waals surface area contributed by atoms with Gasteiger partial charge in [-0.2, -0.15) is 6.07 Å². The standard InChI is InChI=1S/C46H43N4O.Pt/c1-30-22-42-43(23-31(30)2)49(29-48(42)34-14-10-9-11-15-34)35-24-33(46(6,7)8)25-37(27-35)51-36-18-19-39-38-16-12-13-17-40(38)50(41(39)28-36)44-26-32(20-21-47-44)45(3,4)5;/h9-26,29H,1-8H3;/q-3;. The first-order valence-corrected chi connectivity index (χ1v) is 17.6. The number of para-hydroxylation sites is 2. The molecule has 3 heterocycles. The number of anilines is 4. The van der Waals surface area contributed by atoms with E-state index in [1.807, 2.05) is 12.3 Å². The number of aryl methyl sites for hydroxylation is 2. The van der Waals surface area contributed by atoms with E-state index in [9.17, 15) is 0 Å². The molecule has 5 aromatic carbocycles. The van der Waals surface area contributed by atoms with E-state index in [2.05, 4.69) is 186 Å². The van der Waals surface area contributed by atoms with Gasteiger partial charge in [-0.15, -0.1) is 53.6 Å². The molecular formula is C46H43N4OPt-3. The number of benzene rings is 5. The molecule has 2 aromatic heterocycles. The Morgan fingerprint density at radius 3 is 2.02 bits per heavy atom. The van der Waals surface area contributed by atoms with Crippen LogP contribution in [0.3, 0.4) is 0 Å². The van der Waals surface area contributed by atoms with Crippen LogP contribution in [-0.4, -0.2) is 9.55 Å². The smallest absolute Gasteiger partial charge is 0.135 e. The van der Waals surface area contributed by atoms with Crippen LogP contribution in [0.25, 0.3) is 27.6 Å². The van der Waals surface area contributed by atoms with Crippen molar-refractivity contribution in [3.05, 3.63) is 150 Å². The second-order valence-electron chi connectivity index (χ2n) is 15.7. The predicted molar refractivity (Wildman–Crippen MR) is 211 cm³/mol.